The zero-order valence-corrected chi connectivity index (χ0v) is 12.4. The average Bonchev–Trinajstić information content (AvgIpc) is 2.82. The van der Waals surface area contributed by atoms with Gasteiger partial charge in [0, 0.05) is 26.2 Å². The van der Waals surface area contributed by atoms with Gasteiger partial charge in [-0.3, -0.25) is 0 Å². The molecule has 0 aromatic carbocycles. The zero-order chi connectivity index (χ0) is 15.4. The summed E-state index contributed by atoms with van der Waals surface area (Å²) < 4.78 is 6.32. The Morgan fingerprint density at radius 1 is 1.43 bits per heavy atom. The van der Waals surface area contributed by atoms with Gasteiger partial charge in [0.15, 0.2) is 5.82 Å². The van der Waals surface area contributed by atoms with Gasteiger partial charge in [-0.2, -0.15) is 10.4 Å². The largest absolute Gasteiger partial charge is 0.465 e. The number of carbonyl (C=O) groups is 1. The van der Waals surface area contributed by atoms with E-state index in [9.17, 15) is 4.79 Å². The minimum absolute atomic E-state index is 0.256. The van der Waals surface area contributed by atoms with E-state index in [-0.39, 0.29) is 12.2 Å². The minimum atomic E-state index is -0.496. The summed E-state index contributed by atoms with van der Waals surface area (Å²) in [6.45, 7) is 3.70. The molecule has 8 nitrogen and oxygen atoms in total. The van der Waals surface area contributed by atoms with Gasteiger partial charge in [0.05, 0.1) is 26.1 Å². The summed E-state index contributed by atoms with van der Waals surface area (Å²) >= 11 is 0. The number of aryl methyl sites for hydroxylation is 1. The Balaban J connectivity index is 2.34. The van der Waals surface area contributed by atoms with E-state index in [0.717, 1.165) is 26.2 Å². The molecule has 1 saturated heterocycles. The Morgan fingerprint density at radius 3 is 2.67 bits per heavy atom. The number of methoxy groups -OCH3 is 1. The number of carbonyl (C=O) groups excluding carboxylic acids is 1. The van der Waals surface area contributed by atoms with Crippen molar-refractivity contribution in [3.05, 3.63) is 5.56 Å². The van der Waals surface area contributed by atoms with Crippen molar-refractivity contribution in [3.8, 4) is 6.07 Å². The quantitative estimate of drug-likeness (QED) is 0.774. The number of hydrogen-bond donors (Lipinski definition) is 1. The molecule has 8 heteroatoms. The van der Waals surface area contributed by atoms with Crippen molar-refractivity contribution < 1.29 is 9.53 Å². The first kappa shape index (κ1) is 15.1. The molecule has 0 saturated carbocycles. The highest BCUT2D eigenvalue weighted by Crippen LogP contribution is 2.27. The summed E-state index contributed by atoms with van der Waals surface area (Å²) in [4.78, 5) is 16.2. The molecule has 0 spiro atoms. The molecule has 1 aromatic rings. The van der Waals surface area contributed by atoms with E-state index in [1.54, 1.807) is 0 Å². The smallest absolute Gasteiger partial charge is 0.345 e. The first-order valence-corrected chi connectivity index (χ1v) is 6.83. The Labute approximate surface area is 123 Å². The Hall–Kier alpha value is -2.27. The number of ether oxygens (including phenoxy) is 1. The topological polar surface area (TPSA) is 100 Å². The standard InChI is InChI=1S/C13H20N6O2/c1-17-6-8-18(9-7-17)12-10(13(20)21-2)11(15)19(16-12)5-3-4-14/h3,5-9,15H2,1-2H3. The van der Waals surface area contributed by atoms with Crippen molar-refractivity contribution in [2.45, 2.75) is 13.0 Å². The number of hydrogen-bond acceptors (Lipinski definition) is 7. The van der Waals surface area contributed by atoms with Crippen molar-refractivity contribution in [3.63, 3.8) is 0 Å². The van der Waals surface area contributed by atoms with Gasteiger partial charge in [-0.05, 0) is 7.05 Å². The van der Waals surface area contributed by atoms with E-state index < -0.39 is 5.97 Å². The third-order valence-corrected chi connectivity index (χ3v) is 3.60. The summed E-state index contributed by atoms with van der Waals surface area (Å²) in [5.41, 5.74) is 6.30. The van der Waals surface area contributed by atoms with Crippen LogP contribution >= 0.6 is 0 Å². The number of rotatable bonds is 4. The molecule has 0 unspecified atom stereocenters. The summed E-state index contributed by atoms with van der Waals surface area (Å²) in [5, 5.41) is 13.1. The molecule has 0 aliphatic carbocycles. The first-order chi connectivity index (χ1) is 10.1. The second-order valence-corrected chi connectivity index (χ2v) is 5.00. The number of nitrogens with two attached hydrogens (primary N) is 1. The Morgan fingerprint density at radius 2 is 2.10 bits per heavy atom. The van der Waals surface area contributed by atoms with Crippen LogP contribution in [0.4, 0.5) is 11.6 Å². The number of esters is 1. The molecule has 21 heavy (non-hydrogen) atoms. The molecular formula is C13H20N6O2. The van der Waals surface area contributed by atoms with Gasteiger partial charge >= 0.3 is 5.97 Å². The predicted octanol–water partition coefficient (Wildman–Crippen LogP) is -0.0826. The summed E-state index contributed by atoms with van der Waals surface area (Å²) in [6, 6.07) is 2.05. The van der Waals surface area contributed by atoms with Crippen molar-refractivity contribution >= 4 is 17.6 Å². The fourth-order valence-electron chi connectivity index (χ4n) is 2.33. The van der Waals surface area contributed by atoms with Gasteiger partial charge in [0.1, 0.15) is 11.4 Å². The average molecular weight is 292 g/mol. The zero-order valence-electron chi connectivity index (χ0n) is 12.4. The maximum absolute atomic E-state index is 12.0. The van der Waals surface area contributed by atoms with Crippen molar-refractivity contribution in [2.24, 2.45) is 0 Å². The van der Waals surface area contributed by atoms with Crippen LogP contribution in [0, 0.1) is 11.3 Å². The molecule has 114 valence electrons. The summed E-state index contributed by atoms with van der Waals surface area (Å²) in [6.07, 6.45) is 0.286. The van der Waals surface area contributed by atoms with Crippen LogP contribution in [0.2, 0.25) is 0 Å². The van der Waals surface area contributed by atoms with E-state index in [1.807, 2.05) is 11.0 Å². The van der Waals surface area contributed by atoms with E-state index in [4.69, 9.17) is 15.7 Å². The van der Waals surface area contributed by atoms with Crippen molar-refractivity contribution in [1.29, 1.82) is 5.26 Å². The highest BCUT2D eigenvalue weighted by Gasteiger charge is 2.28. The highest BCUT2D eigenvalue weighted by atomic mass is 16.5. The molecule has 1 aliphatic heterocycles. The van der Waals surface area contributed by atoms with Crippen LogP contribution < -0.4 is 10.6 Å². The molecule has 0 bridgehead atoms. The van der Waals surface area contributed by atoms with Crippen LogP contribution in [0.3, 0.4) is 0 Å². The highest BCUT2D eigenvalue weighted by molar-refractivity contribution is 5.99. The maximum atomic E-state index is 12.0. The number of nitrogens with zero attached hydrogens (tertiary/aromatic N) is 5. The number of aromatic nitrogens is 2. The number of piperazine rings is 1. The summed E-state index contributed by atoms with van der Waals surface area (Å²) in [7, 11) is 3.38. The van der Waals surface area contributed by atoms with Crippen LogP contribution in [-0.2, 0) is 11.3 Å². The van der Waals surface area contributed by atoms with Gasteiger partial charge in [-0.1, -0.05) is 0 Å². The van der Waals surface area contributed by atoms with E-state index >= 15 is 0 Å². The fraction of sp³-hybridized carbons (Fsp3) is 0.615. The van der Waals surface area contributed by atoms with E-state index in [2.05, 4.69) is 17.0 Å². The molecule has 2 N–H and O–H groups in total. The second kappa shape index (κ2) is 6.45. The van der Waals surface area contributed by atoms with Crippen LogP contribution in [-0.4, -0.2) is 61.0 Å². The van der Waals surface area contributed by atoms with Crippen LogP contribution in [0.15, 0.2) is 0 Å². The van der Waals surface area contributed by atoms with Gasteiger partial charge in [0.25, 0.3) is 0 Å². The monoisotopic (exact) mass is 292 g/mol. The molecule has 2 heterocycles. The molecule has 0 amide bonds. The minimum Gasteiger partial charge on any atom is -0.465 e. The fourth-order valence-corrected chi connectivity index (χ4v) is 2.33. The lowest BCUT2D eigenvalue weighted by Crippen LogP contribution is -2.45. The van der Waals surface area contributed by atoms with Gasteiger partial charge < -0.3 is 20.3 Å². The Bertz CT molecular complexity index is 554. The van der Waals surface area contributed by atoms with E-state index in [0.29, 0.717) is 17.9 Å². The van der Waals surface area contributed by atoms with Gasteiger partial charge in [-0.15, -0.1) is 0 Å². The number of nitriles is 1. The lowest BCUT2D eigenvalue weighted by molar-refractivity contribution is 0.0602. The third-order valence-electron chi connectivity index (χ3n) is 3.60. The molecule has 0 atom stereocenters. The molecule has 1 aromatic heterocycles. The van der Waals surface area contributed by atoms with Crippen molar-refractivity contribution in [2.75, 3.05) is 51.0 Å². The van der Waals surface area contributed by atoms with Crippen LogP contribution in [0.5, 0.6) is 0 Å². The van der Waals surface area contributed by atoms with E-state index in [1.165, 1.54) is 11.8 Å². The number of nitrogen functional groups attached to an aromatic ring is 1. The van der Waals surface area contributed by atoms with Gasteiger partial charge in [0.2, 0.25) is 0 Å². The molecular weight excluding hydrogens is 272 g/mol. The lowest BCUT2D eigenvalue weighted by atomic mass is 10.2. The summed E-state index contributed by atoms with van der Waals surface area (Å²) in [5.74, 6) is 0.307. The normalized spacial score (nSPS) is 15.8. The third kappa shape index (κ3) is 3.08. The van der Waals surface area contributed by atoms with Crippen LogP contribution in [0.1, 0.15) is 16.8 Å². The second-order valence-electron chi connectivity index (χ2n) is 5.00. The van der Waals surface area contributed by atoms with Crippen LogP contribution in [0.25, 0.3) is 0 Å². The number of likely N-dealkylation sites (N-methyl/N-ethyl adjacent to an activating group) is 1. The van der Waals surface area contributed by atoms with Crippen molar-refractivity contribution in [1.82, 2.24) is 14.7 Å². The Kier molecular flexibility index (Phi) is 4.65. The number of anilines is 2. The molecule has 1 aliphatic rings. The first-order valence-electron chi connectivity index (χ1n) is 6.83. The van der Waals surface area contributed by atoms with Gasteiger partial charge in [-0.25, -0.2) is 9.48 Å². The maximum Gasteiger partial charge on any atom is 0.345 e. The molecule has 2 rings (SSSR count). The predicted molar refractivity (Wildman–Crippen MR) is 77.9 cm³/mol. The lowest BCUT2D eigenvalue weighted by Gasteiger charge is -2.32. The SMILES string of the molecule is COC(=O)c1c(N2CCN(C)CC2)nn(CCC#N)c1N. The molecule has 1 fully saturated rings. The molecule has 0 radical (unpaired) electrons.